The summed E-state index contributed by atoms with van der Waals surface area (Å²) in [5, 5.41) is 10.7. The number of nitrogens with zero attached hydrogens (tertiary/aromatic N) is 3. The molecule has 0 fully saturated rings. The van der Waals surface area contributed by atoms with Crippen LogP contribution in [0.5, 0.6) is 11.5 Å². The van der Waals surface area contributed by atoms with Gasteiger partial charge in [0.05, 0.1) is 11.1 Å². The Labute approximate surface area is 178 Å². The second-order valence-electron chi connectivity index (χ2n) is 6.67. The van der Waals surface area contributed by atoms with E-state index in [2.05, 4.69) is 15.6 Å². The van der Waals surface area contributed by atoms with Crippen LogP contribution in [0.1, 0.15) is 17.3 Å². The number of hydrogen-bond donors (Lipinski definition) is 1. The summed E-state index contributed by atoms with van der Waals surface area (Å²) < 4.78 is 12.6. The van der Waals surface area contributed by atoms with Crippen molar-refractivity contribution in [3.8, 4) is 11.5 Å². The van der Waals surface area contributed by atoms with Crippen LogP contribution >= 0.6 is 0 Å². The first-order chi connectivity index (χ1) is 15.1. The van der Waals surface area contributed by atoms with E-state index in [1.807, 2.05) is 37.3 Å². The first kappa shape index (κ1) is 20.1. The Kier molecular flexibility index (Phi) is 5.89. The van der Waals surface area contributed by atoms with Crippen molar-refractivity contribution in [2.45, 2.75) is 13.5 Å². The molecule has 8 nitrogen and oxygen atoms in total. The summed E-state index contributed by atoms with van der Waals surface area (Å²) in [6.07, 6.45) is 0. The van der Waals surface area contributed by atoms with Crippen molar-refractivity contribution in [3.63, 3.8) is 0 Å². The van der Waals surface area contributed by atoms with Crippen LogP contribution < -0.4 is 10.1 Å². The fourth-order valence-electron chi connectivity index (χ4n) is 2.98. The van der Waals surface area contributed by atoms with Gasteiger partial charge in [-0.15, -0.1) is 5.10 Å². The van der Waals surface area contributed by atoms with Gasteiger partial charge in [0.15, 0.2) is 6.61 Å². The molecule has 0 aliphatic heterocycles. The van der Waals surface area contributed by atoms with E-state index >= 15 is 0 Å². The van der Waals surface area contributed by atoms with Gasteiger partial charge in [0.1, 0.15) is 17.0 Å². The topological polar surface area (TPSA) is 95.3 Å². The zero-order chi connectivity index (χ0) is 21.6. The van der Waals surface area contributed by atoms with Crippen molar-refractivity contribution < 1.29 is 19.1 Å². The molecule has 0 aliphatic rings. The Bertz CT molecular complexity index is 1200. The minimum atomic E-state index is -0.602. The maximum atomic E-state index is 12.3. The number of para-hydroxylation sites is 1. The molecule has 1 heterocycles. The molecule has 31 heavy (non-hydrogen) atoms. The summed E-state index contributed by atoms with van der Waals surface area (Å²) in [6, 6.07) is 21.3. The van der Waals surface area contributed by atoms with Gasteiger partial charge in [-0.05, 0) is 61.5 Å². The SMILES string of the molecule is CCn1nnc2cc(C(=O)OCC(=O)Nc3ccc(Oc4ccccc4)cc3)ccc21. The average molecular weight is 416 g/mol. The van der Waals surface area contributed by atoms with Gasteiger partial charge >= 0.3 is 5.97 Å². The summed E-state index contributed by atoms with van der Waals surface area (Å²) in [7, 11) is 0. The van der Waals surface area contributed by atoms with E-state index in [1.54, 1.807) is 47.1 Å². The number of carbonyl (C=O) groups is 2. The van der Waals surface area contributed by atoms with Crippen molar-refractivity contribution in [1.29, 1.82) is 0 Å². The largest absolute Gasteiger partial charge is 0.457 e. The molecule has 8 heteroatoms. The molecule has 0 atom stereocenters. The molecule has 1 aromatic heterocycles. The lowest BCUT2D eigenvalue weighted by molar-refractivity contribution is -0.119. The molecule has 1 amide bonds. The summed E-state index contributed by atoms with van der Waals surface area (Å²) in [6.45, 7) is 2.24. The van der Waals surface area contributed by atoms with E-state index in [0.717, 1.165) is 11.3 Å². The molecular formula is C23H20N4O4. The molecule has 0 aliphatic carbocycles. The number of rotatable bonds is 7. The van der Waals surface area contributed by atoms with Crippen LogP contribution in [0.3, 0.4) is 0 Å². The van der Waals surface area contributed by atoms with Gasteiger partial charge in [0.25, 0.3) is 5.91 Å². The summed E-state index contributed by atoms with van der Waals surface area (Å²) in [5.74, 6) is 0.324. The molecule has 4 aromatic rings. The van der Waals surface area contributed by atoms with Crippen molar-refractivity contribution in [1.82, 2.24) is 15.0 Å². The van der Waals surface area contributed by atoms with E-state index in [9.17, 15) is 9.59 Å². The van der Waals surface area contributed by atoms with Crippen LogP contribution in [-0.2, 0) is 16.1 Å². The van der Waals surface area contributed by atoms with Crippen LogP contribution in [0.2, 0.25) is 0 Å². The third kappa shape index (κ3) is 4.87. The van der Waals surface area contributed by atoms with E-state index in [-0.39, 0.29) is 0 Å². The molecule has 1 N–H and O–H groups in total. The predicted molar refractivity (Wildman–Crippen MR) is 115 cm³/mol. The highest BCUT2D eigenvalue weighted by atomic mass is 16.5. The van der Waals surface area contributed by atoms with E-state index < -0.39 is 18.5 Å². The number of carbonyl (C=O) groups excluding carboxylic acids is 2. The molecule has 4 rings (SSSR count). The fraction of sp³-hybridized carbons (Fsp3) is 0.130. The summed E-state index contributed by atoms with van der Waals surface area (Å²) in [5.41, 5.74) is 2.31. The number of nitrogens with one attached hydrogen (secondary N) is 1. The monoisotopic (exact) mass is 416 g/mol. The molecule has 0 bridgehead atoms. The summed E-state index contributed by atoms with van der Waals surface area (Å²) >= 11 is 0. The van der Waals surface area contributed by atoms with Gasteiger partial charge in [-0.2, -0.15) is 0 Å². The molecule has 0 saturated heterocycles. The number of hydrogen-bond acceptors (Lipinski definition) is 6. The lowest BCUT2D eigenvalue weighted by atomic mass is 10.2. The molecular weight excluding hydrogens is 396 g/mol. The third-order valence-electron chi connectivity index (χ3n) is 4.50. The smallest absolute Gasteiger partial charge is 0.338 e. The molecule has 0 unspecified atom stereocenters. The number of benzene rings is 3. The van der Waals surface area contributed by atoms with Gasteiger partial charge in [-0.1, -0.05) is 23.4 Å². The highest BCUT2D eigenvalue weighted by Crippen LogP contribution is 2.22. The highest BCUT2D eigenvalue weighted by Gasteiger charge is 2.13. The van der Waals surface area contributed by atoms with Gasteiger partial charge < -0.3 is 14.8 Å². The first-order valence-corrected chi connectivity index (χ1v) is 9.75. The lowest BCUT2D eigenvalue weighted by Gasteiger charge is -2.09. The second-order valence-corrected chi connectivity index (χ2v) is 6.67. The number of ether oxygens (including phenoxy) is 2. The van der Waals surface area contributed by atoms with Gasteiger partial charge in [0, 0.05) is 12.2 Å². The highest BCUT2D eigenvalue weighted by molar-refractivity contribution is 5.97. The standard InChI is InChI=1S/C23H20N4O4/c1-2-27-21-13-8-16(14-20(21)25-26-27)23(29)30-15-22(28)24-17-9-11-19(12-10-17)31-18-6-4-3-5-7-18/h3-14H,2,15H2,1H3,(H,24,28). The average Bonchev–Trinajstić information content (AvgIpc) is 3.22. The Hall–Kier alpha value is -4.20. The lowest BCUT2D eigenvalue weighted by Crippen LogP contribution is -2.20. The van der Waals surface area contributed by atoms with Gasteiger partial charge in [0.2, 0.25) is 0 Å². The van der Waals surface area contributed by atoms with E-state index in [0.29, 0.717) is 29.1 Å². The molecule has 0 radical (unpaired) electrons. The molecule has 0 spiro atoms. The number of esters is 1. The maximum Gasteiger partial charge on any atom is 0.338 e. The van der Waals surface area contributed by atoms with Crippen molar-refractivity contribution in [2.75, 3.05) is 11.9 Å². The Morgan fingerprint density at radius 1 is 0.968 bits per heavy atom. The number of aromatic nitrogens is 3. The van der Waals surface area contributed by atoms with Crippen molar-refractivity contribution >= 4 is 28.6 Å². The van der Waals surface area contributed by atoms with Crippen LogP contribution in [0.25, 0.3) is 11.0 Å². The van der Waals surface area contributed by atoms with E-state index in [1.165, 1.54) is 0 Å². The Balaban J connectivity index is 1.30. The van der Waals surface area contributed by atoms with Gasteiger partial charge in [-0.25, -0.2) is 9.48 Å². The number of fused-ring (bicyclic) bond motifs is 1. The third-order valence-corrected chi connectivity index (χ3v) is 4.50. The van der Waals surface area contributed by atoms with Crippen LogP contribution in [0.15, 0.2) is 72.8 Å². The van der Waals surface area contributed by atoms with Crippen molar-refractivity contribution in [3.05, 3.63) is 78.4 Å². The first-order valence-electron chi connectivity index (χ1n) is 9.75. The molecule has 156 valence electrons. The maximum absolute atomic E-state index is 12.3. The summed E-state index contributed by atoms with van der Waals surface area (Å²) in [4.78, 5) is 24.4. The quantitative estimate of drug-likeness (QED) is 0.457. The van der Waals surface area contributed by atoms with Crippen molar-refractivity contribution in [2.24, 2.45) is 0 Å². The van der Waals surface area contributed by atoms with Gasteiger partial charge in [-0.3, -0.25) is 4.79 Å². The van der Waals surface area contributed by atoms with Crippen LogP contribution in [0.4, 0.5) is 5.69 Å². The number of anilines is 1. The molecule has 0 saturated carbocycles. The number of amides is 1. The Morgan fingerprint density at radius 2 is 1.71 bits per heavy atom. The predicted octanol–water partition coefficient (Wildman–Crippen LogP) is 4.04. The van der Waals surface area contributed by atoms with E-state index in [4.69, 9.17) is 9.47 Å². The Morgan fingerprint density at radius 3 is 2.45 bits per heavy atom. The van der Waals surface area contributed by atoms with Crippen LogP contribution in [0, 0.1) is 0 Å². The zero-order valence-corrected chi connectivity index (χ0v) is 16.8. The van der Waals surface area contributed by atoms with Crippen LogP contribution in [-0.4, -0.2) is 33.5 Å². The zero-order valence-electron chi connectivity index (χ0n) is 16.8. The minimum absolute atomic E-state index is 0.311. The normalized spacial score (nSPS) is 10.6. The second kappa shape index (κ2) is 9.08. The minimum Gasteiger partial charge on any atom is -0.457 e. The fourth-order valence-corrected chi connectivity index (χ4v) is 2.98. The number of aryl methyl sites for hydroxylation is 1. The molecule has 3 aromatic carbocycles.